The Kier molecular flexibility index (Phi) is 7.37. The second-order valence-electron chi connectivity index (χ2n) is 10.7. The number of carbonyl (C=O) groups is 3. The summed E-state index contributed by atoms with van der Waals surface area (Å²) in [7, 11) is 1.69. The van der Waals surface area contributed by atoms with E-state index in [-0.39, 0.29) is 11.8 Å². The Morgan fingerprint density at radius 3 is 2.21 bits per heavy atom. The van der Waals surface area contributed by atoms with E-state index in [0.717, 1.165) is 22.3 Å². The van der Waals surface area contributed by atoms with Crippen LogP contribution in [0.4, 0.5) is 5.69 Å². The molecule has 0 fully saturated rings. The van der Waals surface area contributed by atoms with Crippen LogP contribution in [0.1, 0.15) is 32.6 Å². The summed E-state index contributed by atoms with van der Waals surface area (Å²) in [6.07, 6.45) is 1.09. The molecule has 0 bridgehead atoms. The third-order valence-corrected chi connectivity index (χ3v) is 7.98. The van der Waals surface area contributed by atoms with Gasteiger partial charge in [0.25, 0.3) is 5.91 Å². The van der Waals surface area contributed by atoms with Crippen molar-refractivity contribution in [3.05, 3.63) is 125 Å². The minimum atomic E-state index is -1.06. The summed E-state index contributed by atoms with van der Waals surface area (Å²) in [5.41, 5.74) is 12.5. The molecular formula is C34H31N5O3. The summed E-state index contributed by atoms with van der Waals surface area (Å²) in [4.78, 5) is 47.2. The molecule has 4 aromatic carbocycles. The highest BCUT2D eigenvalue weighted by Gasteiger charge is 2.34. The topological polar surface area (TPSA) is 108 Å². The fraction of sp³-hybridized carbons (Fsp3) is 0.176. The summed E-state index contributed by atoms with van der Waals surface area (Å²) in [6, 6.07) is 30.4. The van der Waals surface area contributed by atoms with Gasteiger partial charge in [0.2, 0.25) is 18.0 Å². The Morgan fingerprint density at radius 2 is 1.55 bits per heavy atom. The number of nitrogens with two attached hydrogens (primary N) is 1. The molecule has 2 atom stereocenters. The normalized spacial score (nSPS) is 16.8. The van der Waals surface area contributed by atoms with E-state index in [1.165, 1.54) is 16.0 Å². The lowest BCUT2D eigenvalue weighted by atomic mass is 10.0. The van der Waals surface area contributed by atoms with Crippen molar-refractivity contribution in [1.29, 1.82) is 0 Å². The Balaban J connectivity index is 1.22. The maximum atomic E-state index is 13.9. The van der Waals surface area contributed by atoms with Crippen molar-refractivity contribution >= 4 is 29.6 Å². The molecule has 8 heteroatoms. The number of anilines is 1. The molecule has 3 N–H and O–H groups in total. The number of hydrogen-bond donors (Lipinski definition) is 2. The number of nitrogens with zero attached hydrogens (tertiary/aromatic N) is 3. The number of aliphatic imine (C=N–C) groups is 1. The first-order valence-electron chi connectivity index (χ1n) is 13.9. The maximum Gasteiger partial charge on any atom is 0.272 e. The van der Waals surface area contributed by atoms with Gasteiger partial charge in [-0.05, 0) is 52.4 Å². The largest absolute Gasteiger partial charge is 0.366 e. The number of nitrogens with one attached hydrogen (secondary N) is 1. The molecule has 0 aromatic heterocycles. The molecule has 4 aromatic rings. The van der Waals surface area contributed by atoms with Crippen molar-refractivity contribution in [3.63, 3.8) is 0 Å². The summed E-state index contributed by atoms with van der Waals surface area (Å²) >= 11 is 0. The van der Waals surface area contributed by atoms with Gasteiger partial charge in [-0.15, -0.1) is 0 Å². The lowest BCUT2D eigenvalue weighted by Gasteiger charge is -2.28. The van der Waals surface area contributed by atoms with Crippen LogP contribution in [0.5, 0.6) is 0 Å². The molecule has 0 saturated heterocycles. The minimum absolute atomic E-state index is 0.239. The van der Waals surface area contributed by atoms with Crippen LogP contribution in [0.2, 0.25) is 0 Å². The van der Waals surface area contributed by atoms with E-state index in [9.17, 15) is 14.4 Å². The van der Waals surface area contributed by atoms with Crippen LogP contribution in [0.25, 0.3) is 11.1 Å². The molecule has 210 valence electrons. The van der Waals surface area contributed by atoms with Crippen LogP contribution in [0.3, 0.4) is 0 Å². The smallest absolute Gasteiger partial charge is 0.272 e. The summed E-state index contributed by atoms with van der Waals surface area (Å²) < 4.78 is 0. The van der Waals surface area contributed by atoms with Crippen LogP contribution in [0, 0.1) is 0 Å². The molecule has 42 heavy (non-hydrogen) atoms. The summed E-state index contributed by atoms with van der Waals surface area (Å²) in [5, 5.41) is 2.95. The molecular weight excluding hydrogens is 526 g/mol. The molecule has 2 aliphatic rings. The zero-order valence-corrected chi connectivity index (χ0v) is 23.2. The Bertz CT molecular complexity index is 1660. The number of rotatable bonds is 7. The molecule has 2 heterocycles. The highest BCUT2D eigenvalue weighted by Crippen LogP contribution is 2.30. The van der Waals surface area contributed by atoms with Crippen molar-refractivity contribution in [2.75, 3.05) is 11.9 Å². The summed E-state index contributed by atoms with van der Waals surface area (Å²) in [6.45, 7) is 1.33. The van der Waals surface area contributed by atoms with Gasteiger partial charge in [0.15, 0.2) is 0 Å². The van der Waals surface area contributed by atoms with E-state index in [1.54, 1.807) is 25.4 Å². The van der Waals surface area contributed by atoms with Gasteiger partial charge in [-0.25, -0.2) is 0 Å². The van der Waals surface area contributed by atoms with E-state index in [2.05, 4.69) is 27.3 Å². The molecule has 8 nitrogen and oxygen atoms in total. The Labute approximate surface area is 244 Å². The Morgan fingerprint density at radius 1 is 0.905 bits per heavy atom. The van der Waals surface area contributed by atoms with Gasteiger partial charge in [0, 0.05) is 37.5 Å². The number of hydrogen-bond acceptors (Lipinski definition) is 5. The number of fused-ring (bicyclic) bond motifs is 2. The zero-order valence-electron chi connectivity index (χ0n) is 23.2. The van der Waals surface area contributed by atoms with Gasteiger partial charge >= 0.3 is 0 Å². The highest BCUT2D eigenvalue weighted by molar-refractivity contribution is 6.06. The summed E-state index contributed by atoms with van der Waals surface area (Å²) in [5.74, 6) is -1.06. The number of benzene rings is 4. The van der Waals surface area contributed by atoms with E-state index in [0.29, 0.717) is 30.8 Å². The van der Waals surface area contributed by atoms with Crippen LogP contribution < -0.4 is 16.0 Å². The van der Waals surface area contributed by atoms with Crippen molar-refractivity contribution < 1.29 is 14.4 Å². The van der Waals surface area contributed by atoms with Crippen LogP contribution in [0.15, 0.2) is 102 Å². The molecule has 2 aliphatic heterocycles. The van der Waals surface area contributed by atoms with E-state index >= 15 is 0 Å². The predicted octanol–water partition coefficient (Wildman–Crippen LogP) is 3.92. The number of amides is 3. The van der Waals surface area contributed by atoms with Gasteiger partial charge < -0.3 is 16.0 Å². The molecule has 2 unspecified atom stereocenters. The van der Waals surface area contributed by atoms with Crippen molar-refractivity contribution in [3.8, 4) is 11.1 Å². The first kappa shape index (κ1) is 27.1. The highest BCUT2D eigenvalue weighted by atomic mass is 16.2. The van der Waals surface area contributed by atoms with Crippen LogP contribution >= 0.6 is 0 Å². The SMILES string of the molecule is CN1C(=O)C(NC(=O)C(Cc2ccccc2)N2Cc3ccccc3C2)N=Cc2ccc(-c3ccc(C(N)=O)cc3)cc21. The second kappa shape index (κ2) is 11.4. The fourth-order valence-electron chi connectivity index (χ4n) is 5.61. The number of likely N-dealkylation sites (N-methyl/N-ethyl adjacent to an activating group) is 1. The van der Waals surface area contributed by atoms with Gasteiger partial charge in [0.05, 0.1) is 11.7 Å². The van der Waals surface area contributed by atoms with Gasteiger partial charge in [-0.1, -0.05) is 78.9 Å². The first-order valence-corrected chi connectivity index (χ1v) is 13.9. The Hall–Kier alpha value is -5.08. The number of primary amides is 1. The van der Waals surface area contributed by atoms with Gasteiger partial charge in [0.1, 0.15) is 0 Å². The monoisotopic (exact) mass is 557 g/mol. The molecule has 0 radical (unpaired) electrons. The maximum absolute atomic E-state index is 13.9. The third kappa shape index (κ3) is 5.44. The molecule has 0 saturated carbocycles. The van der Waals surface area contributed by atoms with Crippen molar-refractivity contribution in [1.82, 2.24) is 10.2 Å². The third-order valence-electron chi connectivity index (χ3n) is 7.98. The van der Waals surface area contributed by atoms with E-state index in [4.69, 9.17) is 5.73 Å². The quantitative estimate of drug-likeness (QED) is 0.359. The predicted molar refractivity (Wildman–Crippen MR) is 163 cm³/mol. The van der Waals surface area contributed by atoms with Gasteiger partial charge in [-0.2, -0.15) is 0 Å². The van der Waals surface area contributed by atoms with Gasteiger partial charge in [-0.3, -0.25) is 24.3 Å². The standard InChI is InChI=1S/C34H31N5O3/c1-38-29-18-25(23-11-13-24(14-12-23)31(35)40)15-16-26(29)19-36-32(34(38)42)37-33(41)30(17-22-7-3-2-4-8-22)39-20-27-9-5-6-10-28(27)21-39/h2-16,18-19,30,32H,17,20-21H2,1H3,(H2,35,40)(H,37,41). The fourth-order valence-corrected chi connectivity index (χ4v) is 5.61. The second-order valence-corrected chi connectivity index (χ2v) is 10.7. The van der Waals surface area contributed by atoms with Crippen LogP contribution in [-0.4, -0.2) is 48.1 Å². The number of carbonyl (C=O) groups excluding carboxylic acids is 3. The first-order chi connectivity index (χ1) is 20.4. The minimum Gasteiger partial charge on any atom is -0.366 e. The van der Waals surface area contributed by atoms with Crippen molar-refractivity contribution in [2.24, 2.45) is 10.7 Å². The average Bonchev–Trinajstić information content (AvgIpc) is 3.41. The average molecular weight is 558 g/mol. The molecule has 0 aliphatic carbocycles. The van der Waals surface area contributed by atoms with Crippen LogP contribution in [-0.2, 0) is 29.1 Å². The van der Waals surface area contributed by atoms with Crippen molar-refractivity contribution in [2.45, 2.75) is 31.7 Å². The molecule has 6 rings (SSSR count). The van der Waals surface area contributed by atoms with E-state index < -0.39 is 18.1 Å². The lowest BCUT2D eigenvalue weighted by Crippen LogP contribution is -2.53. The number of benzodiazepines with no additional fused rings is 1. The zero-order chi connectivity index (χ0) is 29.2. The lowest BCUT2D eigenvalue weighted by molar-refractivity contribution is -0.131. The molecule has 0 spiro atoms. The van der Waals surface area contributed by atoms with E-state index in [1.807, 2.05) is 72.8 Å². The molecule has 3 amide bonds.